The van der Waals surface area contributed by atoms with Gasteiger partial charge < -0.3 is 9.47 Å². The Hall–Kier alpha value is -1.35. The van der Waals surface area contributed by atoms with E-state index in [0.29, 0.717) is 24.5 Å². The fourth-order valence-corrected chi connectivity index (χ4v) is 2.67. The summed E-state index contributed by atoms with van der Waals surface area (Å²) in [6.07, 6.45) is 1.76. The Morgan fingerprint density at radius 3 is 2.89 bits per heavy atom. The van der Waals surface area contributed by atoms with Crippen LogP contribution >= 0.6 is 0 Å². The molecule has 0 aromatic heterocycles. The number of ether oxygens (including phenoxy) is 2. The number of carbonyl (C=O) groups excluding carboxylic acids is 1. The summed E-state index contributed by atoms with van der Waals surface area (Å²) in [4.78, 5) is 12.7. The van der Waals surface area contributed by atoms with E-state index >= 15 is 0 Å². The minimum absolute atomic E-state index is 0.0222. The van der Waals surface area contributed by atoms with Gasteiger partial charge in [-0.15, -0.1) is 0 Å². The fourth-order valence-electron chi connectivity index (χ4n) is 2.67. The zero-order valence-corrected chi connectivity index (χ0v) is 11.9. The molecular weight excluding hydrogens is 240 g/mol. The maximum atomic E-state index is 12.7. The first kappa shape index (κ1) is 14.1. The molecule has 2 unspecified atom stereocenters. The summed E-state index contributed by atoms with van der Waals surface area (Å²) in [7, 11) is 0. The SMILES string of the molecule is CCOc1ccc(C)cc1C(=O)C1CCOC1CC. The van der Waals surface area contributed by atoms with Gasteiger partial charge in [-0.2, -0.15) is 0 Å². The highest BCUT2D eigenvalue weighted by Gasteiger charge is 2.34. The van der Waals surface area contributed by atoms with E-state index < -0.39 is 0 Å². The molecule has 0 aliphatic carbocycles. The molecule has 1 heterocycles. The van der Waals surface area contributed by atoms with Gasteiger partial charge in [0.1, 0.15) is 5.75 Å². The van der Waals surface area contributed by atoms with Crippen LogP contribution in [0.3, 0.4) is 0 Å². The number of rotatable bonds is 5. The lowest BCUT2D eigenvalue weighted by molar-refractivity contribution is 0.0686. The van der Waals surface area contributed by atoms with Crippen LogP contribution in [0.25, 0.3) is 0 Å². The second-order valence-corrected chi connectivity index (χ2v) is 5.01. The Labute approximate surface area is 114 Å². The third-order valence-electron chi connectivity index (χ3n) is 3.65. The van der Waals surface area contributed by atoms with Crippen LogP contribution in [0.4, 0.5) is 0 Å². The van der Waals surface area contributed by atoms with Crippen molar-refractivity contribution in [3.8, 4) is 5.75 Å². The number of carbonyl (C=O) groups is 1. The molecule has 0 saturated carbocycles. The van der Waals surface area contributed by atoms with Crippen LogP contribution in [0, 0.1) is 12.8 Å². The predicted molar refractivity (Wildman–Crippen MR) is 74.8 cm³/mol. The highest BCUT2D eigenvalue weighted by molar-refractivity contribution is 6.01. The average molecular weight is 262 g/mol. The molecular formula is C16H22O3. The van der Waals surface area contributed by atoms with Crippen LogP contribution in [0.2, 0.25) is 0 Å². The second-order valence-electron chi connectivity index (χ2n) is 5.01. The van der Waals surface area contributed by atoms with E-state index in [9.17, 15) is 4.79 Å². The summed E-state index contributed by atoms with van der Waals surface area (Å²) in [5.74, 6) is 0.836. The van der Waals surface area contributed by atoms with E-state index in [4.69, 9.17) is 9.47 Å². The van der Waals surface area contributed by atoms with E-state index in [1.54, 1.807) is 0 Å². The lowest BCUT2D eigenvalue weighted by atomic mass is 9.89. The maximum absolute atomic E-state index is 12.7. The first-order valence-corrected chi connectivity index (χ1v) is 7.06. The Morgan fingerprint density at radius 1 is 1.42 bits per heavy atom. The van der Waals surface area contributed by atoms with Crippen LogP contribution in [0.5, 0.6) is 5.75 Å². The van der Waals surface area contributed by atoms with Gasteiger partial charge in [0.05, 0.1) is 24.2 Å². The minimum Gasteiger partial charge on any atom is -0.493 e. The van der Waals surface area contributed by atoms with E-state index in [-0.39, 0.29) is 17.8 Å². The molecule has 0 N–H and O–H groups in total. The van der Waals surface area contributed by atoms with Crippen molar-refractivity contribution in [1.29, 1.82) is 0 Å². The smallest absolute Gasteiger partial charge is 0.172 e. The monoisotopic (exact) mass is 262 g/mol. The van der Waals surface area contributed by atoms with Crippen LogP contribution in [0.15, 0.2) is 18.2 Å². The number of hydrogen-bond donors (Lipinski definition) is 0. The molecule has 19 heavy (non-hydrogen) atoms. The molecule has 1 aromatic carbocycles. The van der Waals surface area contributed by atoms with E-state index in [1.807, 2.05) is 32.0 Å². The Kier molecular flexibility index (Phi) is 4.59. The quantitative estimate of drug-likeness (QED) is 0.763. The molecule has 1 aliphatic rings. The Bertz CT molecular complexity index is 453. The zero-order valence-electron chi connectivity index (χ0n) is 11.9. The number of ketones is 1. The third kappa shape index (κ3) is 2.98. The predicted octanol–water partition coefficient (Wildman–Crippen LogP) is 3.39. The van der Waals surface area contributed by atoms with Gasteiger partial charge in [-0.25, -0.2) is 0 Å². The van der Waals surface area contributed by atoms with Crippen molar-refractivity contribution in [3.05, 3.63) is 29.3 Å². The van der Waals surface area contributed by atoms with Gasteiger partial charge in [0.15, 0.2) is 5.78 Å². The number of Topliss-reactive ketones (excluding diaryl/α,β-unsaturated/α-hetero) is 1. The molecule has 1 saturated heterocycles. The lowest BCUT2D eigenvalue weighted by Gasteiger charge is -2.18. The van der Waals surface area contributed by atoms with Gasteiger partial charge in [0.25, 0.3) is 0 Å². The highest BCUT2D eigenvalue weighted by atomic mass is 16.5. The van der Waals surface area contributed by atoms with E-state index in [1.165, 1.54) is 0 Å². The second kappa shape index (κ2) is 6.20. The van der Waals surface area contributed by atoms with E-state index in [2.05, 4.69) is 6.92 Å². The van der Waals surface area contributed by atoms with Gasteiger partial charge in [0.2, 0.25) is 0 Å². The van der Waals surface area contributed by atoms with Crippen LogP contribution in [0.1, 0.15) is 42.6 Å². The summed E-state index contributed by atoms with van der Waals surface area (Å²) in [6.45, 7) is 7.25. The van der Waals surface area contributed by atoms with Crippen molar-refractivity contribution in [2.75, 3.05) is 13.2 Å². The molecule has 0 bridgehead atoms. The molecule has 2 rings (SSSR count). The Balaban J connectivity index is 2.29. The van der Waals surface area contributed by atoms with Gasteiger partial charge in [-0.3, -0.25) is 4.79 Å². The Morgan fingerprint density at radius 2 is 2.21 bits per heavy atom. The van der Waals surface area contributed by atoms with Crippen molar-refractivity contribution >= 4 is 5.78 Å². The number of hydrogen-bond acceptors (Lipinski definition) is 3. The van der Waals surface area contributed by atoms with Crippen molar-refractivity contribution in [1.82, 2.24) is 0 Å². The first-order chi connectivity index (χ1) is 9.17. The minimum atomic E-state index is -0.0222. The van der Waals surface area contributed by atoms with Crippen molar-refractivity contribution in [2.45, 2.75) is 39.7 Å². The summed E-state index contributed by atoms with van der Waals surface area (Å²) >= 11 is 0. The van der Waals surface area contributed by atoms with Crippen LogP contribution in [-0.4, -0.2) is 25.1 Å². The molecule has 0 radical (unpaired) electrons. The molecule has 1 aromatic rings. The van der Waals surface area contributed by atoms with Gasteiger partial charge in [-0.05, 0) is 38.8 Å². The molecule has 0 spiro atoms. The van der Waals surface area contributed by atoms with E-state index in [0.717, 1.165) is 18.4 Å². The van der Waals surface area contributed by atoms with Crippen LogP contribution in [-0.2, 0) is 4.74 Å². The molecule has 1 fully saturated rings. The molecule has 3 nitrogen and oxygen atoms in total. The number of aryl methyl sites for hydroxylation is 1. The molecule has 2 atom stereocenters. The third-order valence-corrected chi connectivity index (χ3v) is 3.65. The summed E-state index contributed by atoms with van der Waals surface area (Å²) in [5.41, 5.74) is 1.79. The fraction of sp³-hybridized carbons (Fsp3) is 0.562. The lowest BCUT2D eigenvalue weighted by Crippen LogP contribution is -2.24. The largest absolute Gasteiger partial charge is 0.493 e. The molecule has 104 valence electrons. The van der Waals surface area contributed by atoms with Crippen molar-refractivity contribution < 1.29 is 14.3 Å². The van der Waals surface area contributed by atoms with Crippen molar-refractivity contribution in [3.63, 3.8) is 0 Å². The zero-order chi connectivity index (χ0) is 13.8. The van der Waals surface area contributed by atoms with Gasteiger partial charge in [-0.1, -0.05) is 18.6 Å². The van der Waals surface area contributed by atoms with Crippen molar-refractivity contribution in [2.24, 2.45) is 5.92 Å². The normalized spacial score (nSPS) is 22.5. The maximum Gasteiger partial charge on any atom is 0.172 e. The standard InChI is InChI=1S/C16H22O3/c1-4-14-12(8-9-19-14)16(17)13-10-11(3)6-7-15(13)18-5-2/h6-7,10,12,14H,4-5,8-9H2,1-3H3. The average Bonchev–Trinajstić information content (AvgIpc) is 2.88. The summed E-state index contributed by atoms with van der Waals surface area (Å²) in [6, 6.07) is 5.80. The molecule has 1 aliphatic heterocycles. The van der Waals surface area contributed by atoms with Crippen LogP contribution < -0.4 is 4.74 Å². The first-order valence-electron chi connectivity index (χ1n) is 7.06. The summed E-state index contributed by atoms with van der Waals surface area (Å²) < 4.78 is 11.2. The highest BCUT2D eigenvalue weighted by Crippen LogP contribution is 2.31. The topological polar surface area (TPSA) is 35.5 Å². The van der Waals surface area contributed by atoms with Gasteiger partial charge >= 0.3 is 0 Å². The number of benzene rings is 1. The molecule has 3 heteroatoms. The van der Waals surface area contributed by atoms with Gasteiger partial charge in [0, 0.05) is 6.61 Å². The molecule has 0 amide bonds. The summed E-state index contributed by atoms with van der Waals surface area (Å²) in [5, 5.41) is 0.